The van der Waals surface area contributed by atoms with E-state index in [1.165, 1.54) is 0 Å². The zero-order valence-electron chi connectivity index (χ0n) is 11.2. The van der Waals surface area contributed by atoms with Crippen LogP contribution in [0, 0.1) is 0 Å². The third kappa shape index (κ3) is 3.84. The van der Waals surface area contributed by atoms with Gasteiger partial charge in [0.15, 0.2) is 0 Å². The molecule has 0 radical (unpaired) electrons. The number of nitrogens with one attached hydrogen (secondary N) is 1. The lowest BCUT2D eigenvalue weighted by molar-refractivity contribution is 0.482. The molecule has 0 aliphatic heterocycles. The molecule has 19 heavy (non-hydrogen) atoms. The van der Waals surface area contributed by atoms with E-state index >= 15 is 0 Å². The van der Waals surface area contributed by atoms with Gasteiger partial charge in [0.05, 0.1) is 0 Å². The first-order valence-corrected chi connectivity index (χ1v) is 6.55. The minimum absolute atomic E-state index is 0.129. The van der Waals surface area contributed by atoms with Gasteiger partial charge in [-0.25, -0.2) is 4.98 Å². The van der Waals surface area contributed by atoms with Crippen molar-refractivity contribution < 1.29 is 0 Å². The topological polar surface area (TPSA) is 81.7 Å². The molecule has 0 bridgehead atoms. The molecule has 6 nitrogen and oxygen atoms in total. The number of hydrogen-bond donors (Lipinski definition) is 2. The van der Waals surface area contributed by atoms with Crippen LogP contribution in [0.25, 0.3) is 0 Å². The van der Waals surface area contributed by atoms with Crippen LogP contribution in [0.15, 0.2) is 30.9 Å². The van der Waals surface area contributed by atoms with Crippen LogP contribution in [0.4, 0.5) is 0 Å². The van der Waals surface area contributed by atoms with Gasteiger partial charge in [-0.05, 0) is 24.5 Å². The summed E-state index contributed by atoms with van der Waals surface area (Å²) in [4.78, 5) is 8.42. The highest BCUT2D eigenvalue weighted by atomic mass is 15.3. The molecule has 0 saturated heterocycles. The molecule has 102 valence electrons. The summed E-state index contributed by atoms with van der Waals surface area (Å²) in [5.74, 6) is 6.60. The Morgan fingerprint density at radius 3 is 3.00 bits per heavy atom. The fraction of sp³-hybridized carbons (Fsp3) is 0.462. The van der Waals surface area contributed by atoms with E-state index in [1.54, 1.807) is 12.5 Å². The third-order valence-corrected chi connectivity index (χ3v) is 3.00. The van der Waals surface area contributed by atoms with Gasteiger partial charge >= 0.3 is 0 Å². The molecule has 0 amide bonds. The van der Waals surface area contributed by atoms with Gasteiger partial charge in [-0.15, -0.1) is 0 Å². The summed E-state index contributed by atoms with van der Waals surface area (Å²) in [7, 11) is 0. The summed E-state index contributed by atoms with van der Waals surface area (Å²) in [5.41, 5.74) is 4.01. The zero-order chi connectivity index (χ0) is 13.5. The van der Waals surface area contributed by atoms with Crippen molar-refractivity contribution >= 4 is 0 Å². The number of aromatic nitrogens is 4. The Morgan fingerprint density at radius 1 is 1.42 bits per heavy atom. The molecule has 2 aromatic rings. The molecule has 0 aromatic carbocycles. The van der Waals surface area contributed by atoms with Crippen molar-refractivity contribution in [1.29, 1.82) is 0 Å². The minimum atomic E-state index is 0.129. The molecule has 2 aromatic heterocycles. The van der Waals surface area contributed by atoms with Crippen LogP contribution < -0.4 is 11.3 Å². The lowest BCUT2D eigenvalue weighted by Crippen LogP contribution is -2.39. The number of pyridine rings is 1. The van der Waals surface area contributed by atoms with Crippen molar-refractivity contribution in [3.63, 3.8) is 0 Å². The molecule has 6 heteroatoms. The average Bonchev–Trinajstić information content (AvgIpc) is 2.87. The zero-order valence-corrected chi connectivity index (χ0v) is 11.2. The normalized spacial score (nSPS) is 12.5. The van der Waals surface area contributed by atoms with Gasteiger partial charge in [-0.3, -0.25) is 20.9 Å². The summed E-state index contributed by atoms with van der Waals surface area (Å²) in [6, 6.07) is 4.11. The van der Waals surface area contributed by atoms with Crippen molar-refractivity contribution in [3.8, 4) is 0 Å². The molecule has 0 aliphatic carbocycles. The second kappa shape index (κ2) is 6.96. The first kappa shape index (κ1) is 13.6. The molecule has 0 fully saturated rings. The molecule has 0 spiro atoms. The standard InChI is InChI=1S/C13H20N6/c1-2-6-19-13(16-10-17-19)8-12(18-14)7-11-4-3-5-15-9-11/h3-5,9-10,12,18H,2,6-8,14H2,1H3. The van der Waals surface area contributed by atoms with E-state index in [9.17, 15) is 0 Å². The van der Waals surface area contributed by atoms with Crippen LogP contribution in [0.2, 0.25) is 0 Å². The molecular weight excluding hydrogens is 240 g/mol. The number of nitrogens with two attached hydrogens (primary N) is 1. The van der Waals surface area contributed by atoms with Gasteiger partial charge in [0.2, 0.25) is 0 Å². The quantitative estimate of drug-likeness (QED) is 0.566. The third-order valence-electron chi connectivity index (χ3n) is 3.00. The van der Waals surface area contributed by atoms with E-state index in [0.717, 1.165) is 37.2 Å². The molecule has 3 N–H and O–H groups in total. The number of hydrogen-bond acceptors (Lipinski definition) is 5. The first-order valence-electron chi connectivity index (χ1n) is 6.55. The molecule has 0 saturated carbocycles. The smallest absolute Gasteiger partial charge is 0.138 e. The van der Waals surface area contributed by atoms with E-state index in [4.69, 9.17) is 5.84 Å². The van der Waals surface area contributed by atoms with Crippen molar-refractivity contribution in [2.45, 2.75) is 38.8 Å². The Balaban J connectivity index is 2.00. The fourth-order valence-corrected chi connectivity index (χ4v) is 2.06. The maximum atomic E-state index is 5.63. The average molecular weight is 260 g/mol. The van der Waals surface area contributed by atoms with E-state index in [2.05, 4.69) is 27.4 Å². The predicted octanol–water partition coefficient (Wildman–Crippen LogP) is 0.700. The summed E-state index contributed by atoms with van der Waals surface area (Å²) >= 11 is 0. The highest BCUT2D eigenvalue weighted by molar-refractivity contribution is 5.10. The van der Waals surface area contributed by atoms with Crippen LogP contribution in [-0.2, 0) is 19.4 Å². The van der Waals surface area contributed by atoms with E-state index in [0.29, 0.717) is 0 Å². The van der Waals surface area contributed by atoms with Crippen molar-refractivity contribution in [2.75, 3.05) is 0 Å². The number of hydrazine groups is 1. The van der Waals surface area contributed by atoms with Crippen LogP contribution in [0.5, 0.6) is 0 Å². The van der Waals surface area contributed by atoms with Crippen LogP contribution in [0.1, 0.15) is 24.7 Å². The Bertz CT molecular complexity index is 481. The summed E-state index contributed by atoms with van der Waals surface area (Å²) in [5, 5.41) is 4.22. The summed E-state index contributed by atoms with van der Waals surface area (Å²) in [6.45, 7) is 3.01. The maximum absolute atomic E-state index is 5.63. The maximum Gasteiger partial charge on any atom is 0.138 e. The van der Waals surface area contributed by atoms with Gasteiger partial charge in [0, 0.05) is 31.4 Å². The van der Waals surface area contributed by atoms with Gasteiger partial charge in [-0.1, -0.05) is 13.0 Å². The largest absolute Gasteiger partial charge is 0.271 e. The molecular formula is C13H20N6. The van der Waals surface area contributed by atoms with E-state index < -0.39 is 0 Å². The lowest BCUT2D eigenvalue weighted by atomic mass is 10.1. The lowest BCUT2D eigenvalue weighted by Gasteiger charge is -2.15. The first-order chi connectivity index (χ1) is 9.33. The molecule has 0 aliphatic rings. The fourth-order valence-electron chi connectivity index (χ4n) is 2.06. The molecule has 1 atom stereocenters. The SMILES string of the molecule is CCCn1ncnc1CC(Cc1cccnc1)NN. The van der Waals surface area contributed by atoms with Crippen LogP contribution in [0.3, 0.4) is 0 Å². The van der Waals surface area contributed by atoms with Crippen molar-refractivity contribution in [3.05, 3.63) is 42.2 Å². The Hall–Kier alpha value is -1.79. The number of rotatable bonds is 7. The Morgan fingerprint density at radius 2 is 2.32 bits per heavy atom. The predicted molar refractivity (Wildman–Crippen MR) is 73.1 cm³/mol. The number of nitrogens with zero attached hydrogens (tertiary/aromatic N) is 4. The molecule has 1 unspecified atom stereocenters. The second-order valence-corrected chi connectivity index (χ2v) is 4.53. The second-order valence-electron chi connectivity index (χ2n) is 4.53. The summed E-state index contributed by atoms with van der Waals surface area (Å²) in [6.07, 6.45) is 7.85. The summed E-state index contributed by atoms with van der Waals surface area (Å²) < 4.78 is 1.94. The minimum Gasteiger partial charge on any atom is -0.271 e. The van der Waals surface area contributed by atoms with Gasteiger partial charge in [0.25, 0.3) is 0 Å². The van der Waals surface area contributed by atoms with E-state index in [-0.39, 0.29) is 6.04 Å². The van der Waals surface area contributed by atoms with E-state index in [1.807, 2.05) is 23.0 Å². The Labute approximate surface area is 113 Å². The monoisotopic (exact) mass is 260 g/mol. The van der Waals surface area contributed by atoms with Crippen molar-refractivity contribution in [1.82, 2.24) is 25.2 Å². The van der Waals surface area contributed by atoms with Crippen LogP contribution >= 0.6 is 0 Å². The van der Waals surface area contributed by atoms with Crippen LogP contribution in [-0.4, -0.2) is 25.8 Å². The highest BCUT2D eigenvalue weighted by Crippen LogP contribution is 2.06. The van der Waals surface area contributed by atoms with Gasteiger partial charge < -0.3 is 0 Å². The highest BCUT2D eigenvalue weighted by Gasteiger charge is 2.13. The van der Waals surface area contributed by atoms with Gasteiger partial charge in [-0.2, -0.15) is 5.10 Å². The Kier molecular flexibility index (Phi) is 5.00. The van der Waals surface area contributed by atoms with Crippen molar-refractivity contribution in [2.24, 2.45) is 5.84 Å². The molecule has 2 rings (SSSR count). The van der Waals surface area contributed by atoms with Gasteiger partial charge in [0.1, 0.15) is 12.2 Å². The molecule has 2 heterocycles. The number of aryl methyl sites for hydroxylation is 1.